The molecule has 0 N–H and O–H groups in total. The van der Waals surface area contributed by atoms with Crippen molar-refractivity contribution in [3.8, 4) is 135 Å². The van der Waals surface area contributed by atoms with Gasteiger partial charge < -0.3 is 0 Å². The van der Waals surface area contributed by atoms with Gasteiger partial charge in [-0.3, -0.25) is 0 Å². The molecular formula is C112H72N6. The molecule has 24 rings (SSSR count). The lowest BCUT2D eigenvalue weighted by molar-refractivity contribution is 0.660. The molecule has 0 amide bonds. The Balaban J connectivity index is 0.000000151. The number of nitrogens with zero attached hydrogens (tertiary/aromatic N) is 6. The van der Waals surface area contributed by atoms with Crippen LogP contribution in [0, 0.1) is 0 Å². The molecule has 0 fully saturated rings. The maximum Gasteiger partial charge on any atom is 0.165 e. The maximum atomic E-state index is 5.72. The minimum Gasteiger partial charge on any atom is -0.208 e. The summed E-state index contributed by atoms with van der Waals surface area (Å²) in [6.07, 6.45) is 0. The highest BCUT2D eigenvalue weighted by molar-refractivity contribution is 6.24. The summed E-state index contributed by atoms with van der Waals surface area (Å²) in [5.41, 5.74) is 28.0. The Morgan fingerprint density at radius 2 is 0.373 bits per heavy atom. The van der Waals surface area contributed by atoms with Gasteiger partial charge in [0.1, 0.15) is 0 Å². The molecule has 0 bridgehead atoms. The Labute approximate surface area is 683 Å². The molecule has 3 aliphatic carbocycles. The predicted molar refractivity (Wildman–Crippen MR) is 487 cm³/mol. The first-order valence-electron chi connectivity index (χ1n) is 40.6. The first kappa shape index (κ1) is 68.4. The van der Waals surface area contributed by atoms with Gasteiger partial charge in [-0.05, 0) is 177 Å². The van der Waals surface area contributed by atoms with Crippen molar-refractivity contribution in [1.29, 1.82) is 0 Å². The van der Waals surface area contributed by atoms with Gasteiger partial charge in [0, 0.05) is 38.8 Å². The molecular weight excluding hydrogens is 1430 g/mol. The summed E-state index contributed by atoms with van der Waals surface area (Å²) in [5, 5.41) is 13.5. The number of hydrogen-bond acceptors (Lipinski definition) is 6. The zero-order valence-corrected chi connectivity index (χ0v) is 64.8. The van der Waals surface area contributed by atoms with E-state index in [0.29, 0.717) is 34.9 Å². The molecule has 118 heavy (non-hydrogen) atoms. The van der Waals surface area contributed by atoms with Gasteiger partial charge in [0.15, 0.2) is 34.9 Å². The van der Waals surface area contributed by atoms with Crippen LogP contribution >= 0.6 is 0 Å². The highest BCUT2D eigenvalue weighted by atomic mass is 15.0. The summed E-state index contributed by atoms with van der Waals surface area (Å²) in [5.74, 6) is 3.88. The highest BCUT2D eigenvalue weighted by Crippen LogP contribution is 2.63. The van der Waals surface area contributed by atoms with E-state index < -0.39 is 5.41 Å². The third-order valence-electron chi connectivity index (χ3n) is 25.1. The quantitative estimate of drug-likeness (QED) is 0.134. The van der Waals surface area contributed by atoms with Crippen LogP contribution in [0.5, 0.6) is 0 Å². The summed E-state index contributed by atoms with van der Waals surface area (Å²) in [6, 6.07) is 144. The maximum absolute atomic E-state index is 5.72. The molecule has 19 aromatic carbocycles. The molecule has 1 spiro atoms. The first-order valence-corrected chi connectivity index (χ1v) is 40.6. The van der Waals surface area contributed by atoms with Crippen molar-refractivity contribution >= 4 is 64.6 Å². The van der Waals surface area contributed by atoms with Crippen LogP contribution in [-0.2, 0) is 10.8 Å². The van der Waals surface area contributed by atoms with Crippen LogP contribution in [0.3, 0.4) is 0 Å². The molecule has 0 atom stereocenters. The zero-order valence-electron chi connectivity index (χ0n) is 64.8. The van der Waals surface area contributed by atoms with Gasteiger partial charge in [-0.2, -0.15) is 0 Å². The lowest BCUT2D eigenvalue weighted by Gasteiger charge is -2.30. The Morgan fingerprint density at radius 1 is 0.153 bits per heavy atom. The smallest absolute Gasteiger partial charge is 0.165 e. The Hall–Kier alpha value is -15.2. The van der Waals surface area contributed by atoms with Crippen molar-refractivity contribution in [2.45, 2.75) is 24.7 Å². The lowest BCUT2D eigenvalue weighted by atomic mass is 9.70. The largest absolute Gasteiger partial charge is 0.208 e. The van der Waals surface area contributed by atoms with Crippen LogP contribution in [0.2, 0.25) is 0 Å². The SMILES string of the molecule is CC1(C)c2ccccc2-c2ccc(-c3c4ccccc4c(-c4nc(-c5ccccc5)nc(-c5ccccc5)n4)c4ccccc34)cc21.c1ccc(-c2c3ccccc3c(-c3nc(-c4ccc5c(c4)C4(c6ccccc6-c6ccccc64)c4ccccc4-5)nc(-c4c5ccccc5c(-c5ccccc5)c5ccccc45)n3)c3ccccc23)cc1. The highest BCUT2D eigenvalue weighted by Gasteiger charge is 2.52. The monoisotopic (exact) mass is 1500 g/mol. The number of aromatic nitrogens is 6. The van der Waals surface area contributed by atoms with E-state index in [0.717, 1.165) is 87.2 Å². The van der Waals surface area contributed by atoms with Crippen molar-refractivity contribution in [3.05, 3.63) is 434 Å². The van der Waals surface area contributed by atoms with Gasteiger partial charge in [0.05, 0.1) is 5.41 Å². The molecule has 0 saturated heterocycles. The third-order valence-corrected chi connectivity index (χ3v) is 25.1. The molecule has 550 valence electrons. The van der Waals surface area contributed by atoms with Crippen molar-refractivity contribution in [2.24, 2.45) is 0 Å². The summed E-state index contributed by atoms with van der Waals surface area (Å²) in [6.45, 7) is 4.69. The Bertz CT molecular complexity index is 7230. The van der Waals surface area contributed by atoms with E-state index >= 15 is 0 Å². The van der Waals surface area contributed by atoms with E-state index in [4.69, 9.17) is 29.9 Å². The van der Waals surface area contributed by atoms with E-state index in [1.807, 2.05) is 36.4 Å². The van der Waals surface area contributed by atoms with Gasteiger partial charge >= 0.3 is 0 Å². The number of rotatable bonds is 9. The van der Waals surface area contributed by atoms with Gasteiger partial charge in [-0.1, -0.05) is 402 Å². The van der Waals surface area contributed by atoms with E-state index in [-0.39, 0.29) is 5.41 Å². The fourth-order valence-corrected chi connectivity index (χ4v) is 20.0. The standard InChI is InChI=1S/C68H41N3.C44H31N3/c1-3-21-42(22-4-1)61-49-28-7-11-32-53(49)63(54-33-12-8-29-50(54)61)66-69-65(70-67(71-66)64-55-34-13-9-30-51(55)62(43-23-5-2-6-24-43)52-31-10-14-35-56(52)64)44-39-40-48-47-27-17-20-38-59(47)68(60(48)41-44)57-36-18-15-25-45(57)46-26-16-19-37-58(46)68;1-44(2)37-24-14-13-19-31(37)32-26-25-30(27-38(32)44)39-33-20-9-11-22-35(33)40(36-23-12-10-21-34(36)39)43-46-41(28-15-5-3-6-16-28)45-42(47-43)29-17-7-4-8-18-29/h1-41H;3-27H,1-2H3. The van der Waals surface area contributed by atoms with Crippen LogP contribution in [-0.4, -0.2) is 29.9 Å². The summed E-state index contributed by atoms with van der Waals surface area (Å²) in [7, 11) is 0. The van der Waals surface area contributed by atoms with E-state index in [1.54, 1.807) is 0 Å². The summed E-state index contributed by atoms with van der Waals surface area (Å²) >= 11 is 0. The minimum atomic E-state index is -0.521. The average molecular weight is 1500 g/mol. The third kappa shape index (κ3) is 10.5. The topological polar surface area (TPSA) is 77.3 Å². The predicted octanol–water partition coefficient (Wildman–Crippen LogP) is 28.3. The van der Waals surface area contributed by atoms with Crippen LogP contribution < -0.4 is 0 Å². The molecule has 6 heteroatoms. The van der Waals surface area contributed by atoms with Gasteiger partial charge in [0.25, 0.3) is 0 Å². The molecule has 0 unspecified atom stereocenters. The summed E-state index contributed by atoms with van der Waals surface area (Å²) < 4.78 is 0. The molecule has 6 nitrogen and oxygen atoms in total. The van der Waals surface area contributed by atoms with Gasteiger partial charge in [-0.15, -0.1) is 0 Å². The number of fused-ring (bicyclic) bond motifs is 19. The van der Waals surface area contributed by atoms with Crippen LogP contribution in [0.15, 0.2) is 400 Å². The fourth-order valence-electron chi connectivity index (χ4n) is 20.0. The average Bonchev–Trinajstić information content (AvgIpc) is 1.50. The van der Waals surface area contributed by atoms with Crippen LogP contribution in [0.25, 0.3) is 200 Å². The number of hydrogen-bond donors (Lipinski definition) is 0. The van der Waals surface area contributed by atoms with Crippen LogP contribution in [0.1, 0.15) is 47.2 Å². The Kier molecular flexibility index (Phi) is 15.8. The molecule has 0 aliphatic heterocycles. The second-order valence-corrected chi connectivity index (χ2v) is 31.7. The molecule has 2 aromatic heterocycles. The molecule has 21 aromatic rings. The zero-order chi connectivity index (χ0) is 78.2. The van der Waals surface area contributed by atoms with Crippen molar-refractivity contribution < 1.29 is 0 Å². The van der Waals surface area contributed by atoms with Gasteiger partial charge in [-0.25, -0.2) is 29.9 Å². The fraction of sp³-hybridized carbons (Fsp3) is 0.0357. The first-order chi connectivity index (χ1) is 58.3. The van der Waals surface area contributed by atoms with Gasteiger partial charge in [0.2, 0.25) is 0 Å². The molecule has 2 heterocycles. The molecule has 3 aliphatic rings. The van der Waals surface area contributed by atoms with Crippen molar-refractivity contribution in [3.63, 3.8) is 0 Å². The van der Waals surface area contributed by atoms with Crippen molar-refractivity contribution in [2.75, 3.05) is 0 Å². The normalized spacial score (nSPS) is 13.0. The van der Waals surface area contributed by atoms with E-state index in [1.165, 1.54) is 111 Å². The van der Waals surface area contributed by atoms with E-state index in [2.05, 4.69) is 378 Å². The second-order valence-electron chi connectivity index (χ2n) is 31.7. The Morgan fingerprint density at radius 3 is 0.720 bits per heavy atom. The molecule has 0 radical (unpaired) electrons. The van der Waals surface area contributed by atoms with E-state index in [9.17, 15) is 0 Å². The summed E-state index contributed by atoms with van der Waals surface area (Å²) in [4.78, 5) is 32.4. The van der Waals surface area contributed by atoms with Crippen molar-refractivity contribution in [1.82, 2.24) is 29.9 Å². The minimum absolute atomic E-state index is 0.0833. The lowest BCUT2D eigenvalue weighted by Crippen LogP contribution is -2.25. The number of benzene rings is 19. The molecule has 0 saturated carbocycles. The van der Waals surface area contributed by atoms with Crippen LogP contribution in [0.4, 0.5) is 0 Å². The second kappa shape index (κ2) is 27.2.